The molecule has 176 valence electrons. The smallest absolute Gasteiger partial charge is 0.433 e. The van der Waals surface area contributed by atoms with Gasteiger partial charge in [-0.3, -0.25) is 4.79 Å². The molecular formula is C21H11F6N3O2S2. The number of alkyl halides is 6. The maximum absolute atomic E-state index is 13.4. The largest absolute Gasteiger partial charge is 0.496 e. The van der Waals surface area contributed by atoms with Crippen LogP contribution >= 0.6 is 24.0 Å². The van der Waals surface area contributed by atoms with Gasteiger partial charge in [-0.25, -0.2) is 9.97 Å². The maximum atomic E-state index is 13.4. The lowest BCUT2D eigenvalue weighted by Gasteiger charge is -2.15. The lowest BCUT2D eigenvalue weighted by Crippen LogP contribution is -2.17. The molecule has 13 heteroatoms. The van der Waals surface area contributed by atoms with Crippen LogP contribution in [0.5, 0.6) is 5.75 Å². The zero-order valence-corrected chi connectivity index (χ0v) is 18.5. The summed E-state index contributed by atoms with van der Waals surface area (Å²) in [6, 6.07) is 6.89. The van der Waals surface area contributed by atoms with Crippen molar-refractivity contribution >= 4 is 51.3 Å². The number of methoxy groups -OCH3 is 1. The fourth-order valence-electron chi connectivity index (χ4n) is 3.22. The van der Waals surface area contributed by atoms with E-state index in [1.165, 1.54) is 31.4 Å². The Hall–Kier alpha value is -3.19. The maximum Gasteiger partial charge on any atom is 0.433 e. The van der Waals surface area contributed by atoms with Crippen LogP contribution in [-0.4, -0.2) is 27.3 Å². The zero-order chi connectivity index (χ0) is 24.8. The number of thiocarbonyl (C=S) groups is 1. The molecule has 0 aliphatic carbocycles. The fraction of sp³-hybridized carbons (Fsp3) is 0.143. The fourth-order valence-corrected chi connectivity index (χ4v) is 4.27. The highest BCUT2D eigenvalue weighted by atomic mass is 32.2. The number of amides is 1. The number of carbonyl (C=O) groups excluding carboxylic acids is 1. The number of ether oxygens (including phenoxy) is 1. The third-order valence-electron chi connectivity index (χ3n) is 4.71. The standard InChI is InChI=1S/C21H11F6N3O2S2/c1-32-14-5-2-9(7-15-18(31)30-19(33)34-15)6-11(14)13-4-3-10-12(20(22,23)24)8-16(21(25,26)27)29-17(10)28-13/h2-8H,1H3,(H,30,31,33). The molecule has 0 atom stereocenters. The summed E-state index contributed by atoms with van der Waals surface area (Å²) < 4.78 is 85.5. The highest BCUT2D eigenvalue weighted by Crippen LogP contribution is 2.39. The summed E-state index contributed by atoms with van der Waals surface area (Å²) in [5.74, 6) is -0.129. The van der Waals surface area contributed by atoms with Gasteiger partial charge in [-0.2, -0.15) is 26.3 Å². The average molecular weight is 515 g/mol. The highest BCUT2D eigenvalue weighted by Gasteiger charge is 2.39. The summed E-state index contributed by atoms with van der Waals surface area (Å²) in [4.78, 5) is 19.6. The number of halogens is 6. The van der Waals surface area contributed by atoms with Crippen LogP contribution in [0.15, 0.2) is 41.3 Å². The molecule has 0 saturated carbocycles. The van der Waals surface area contributed by atoms with Crippen LogP contribution in [0.2, 0.25) is 0 Å². The molecule has 1 saturated heterocycles. The van der Waals surface area contributed by atoms with Gasteiger partial charge in [0, 0.05) is 10.9 Å². The Bertz CT molecular complexity index is 1370. The molecule has 3 heterocycles. The number of fused-ring (bicyclic) bond motifs is 1. The number of aromatic nitrogens is 2. The van der Waals surface area contributed by atoms with Gasteiger partial charge in [0.2, 0.25) is 0 Å². The van der Waals surface area contributed by atoms with E-state index in [1.54, 1.807) is 6.07 Å². The summed E-state index contributed by atoms with van der Waals surface area (Å²) in [7, 11) is 1.35. The molecule has 0 radical (unpaired) electrons. The van der Waals surface area contributed by atoms with E-state index in [9.17, 15) is 31.1 Å². The second-order valence-corrected chi connectivity index (χ2v) is 8.65. The molecular weight excluding hydrogens is 504 g/mol. The number of thioether (sulfide) groups is 1. The van der Waals surface area contributed by atoms with Crippen molar-refractivity contribution < 1.29 is 35.9 Å². The predicted molar refractivity (Wildman–Crippen MR) is 118 cm³/mol. The normalized spacial score (nSPS) is 15.8. The third kappa shape index (κ3) is 4.71. The number of nitrogens with one attached hydrogen (secondary N) is 1. The van der Waals surface area contributed by atoms with Gasteiger partial charge < -0.3 is 10.1 Å². The van der Waals surface area contributed by atoms with E-state index in [-0.39, 0.29) is 33.3 Å². The quantitative estimate of drug-likeness (QED) is 0.269. The van der Waals surface area contributed by atoms with Gasteiger partial charge in [0.1, 0.15) is 15.8 Å². The Morgan fingerprint density at radius 3 is 2.35 bits per heavy atom. The monoisotopic (exact) mass is 515 g/mol. The highest BCUT2D eigenvalue weighted by molar-refractivity contribution is 8.26. The number of pyridine rings is 2. The van der Waals surface area contributed by atoms with Gasteiger partial charge >= 0.3 is 12.4 Å². The molecule has 0 spiro atoms. The van der Waals surface area contributed by atoms with Gasteiger partial charge in [-0.15, -0.1) is 0 Å². The number of hydrogen-bond donors (Lipinski definition) is 1. The Labute approximate surface area is 197 Å². The molecule has 3 aromatic rings. The van der Waals surface area contributed by atoms with Crippen molar-refractivity contribution in [3.8, 4) is 17.0 Å². The molecule has 4 rings (SSSR count). The minimum absolute atomic E-state index is 0.0311. The Morgan fingerprint density at radius 1 is 1.03 bits per heavy atom. The van der Waals surface area contributed by atoms with E-state index in [4.69, 9.17) is 17.0 Å². The molecule has 2 aromatic heterocycles. The van der Waals surface area contributed by atoms with Gasteiger partial charge in [-0.05, 0) is 42.0 Å². The van der Waals surface area contributed by atoms with Crippen LogP contribution in [0.4, 0.5) is 26.3 Å². The summed E-state index contributed by atoms with van der Waals surface area (Å²) in [5.41, 5.74) is -3.10. The second kappa shape index (κ2) is 8.55. The molecule has 1 N–H and O–H groups in total. The topological polar surface area (TPSA) is 64.1 Å². The first-order chi connectivity index (χ1) is 15.9. The van der Waals surface area contributed by atoms with Gasteiger partial charge in [0.15, 0.2) is 5.65 Å². The second-order valence-electron chi connectivity index (χ2n) is 6.93. The van der Waals surface area contributed by atoms with Crippen molar-refractivity contribution in [3.05, 3.63) is 58.1 Å². The molecule has 34 heavy (non-hydrogen) atoms. The average Bonchev–Trinajstić information content (AvgIpc) is 3.07. The SMILES string of the molecule is COc1ccc(C=C2SC(=S)NC2=O)cc1-c1ccc2c(C(F)(F)F)cc(C(F)(F)F)nc2n1. The number of benzene rings is 1. The minimum atomic E-state index is -5.10. The third-order valence-corrected chi connectivity index (χ3v) is 5.87. The van der Waals surface area contributed by atoms with E-state index in [0.29, 0.717) is 10.5 Å². The lowest BCUT2D eigenvalue weighted by molar-refractivity contribution is -0.144. The van der Waals surface area contributed by atoms with Crippen molar-refractivity contribution in [1.82, 2.24) is 15.3 Å². The number of hydrogen-bond acceptors (Lipinski definition) is 6. The first kappa shape index (κ1) is 24.0. The van der Waals surface area contributed by atoms with Gasteiger partial charge in [-0.1, -0.05) is 30.0 Å². The van der Waals surface area contributed by atoms with Crippen molar-refractivity contribution in [2.75, 3.05) is 7.11 Å². The molecule has 1 aromatic carbocycles. The van der Waals surface area contributed by atoms with Crippen LogP contribution in [-0.2, 0) is 17.1 Å². The molecule has 5 nitrogen and oxygen atoms in total. The van der Waals surface area contributed by atoms with E-state index in [0.717, 1.165) is 17.8 Å². The number of carbonyl (C=O) groups is 1. The molecule has 1 amide bonds. The summed E-state index contributed by atoms with van der Waals surface area (Å²) in [6.07, 6.45) is -8.62. The minimum Gasteiger partial charge on any atom is -0.496 e. The first-order valence-electron chi connectivity index (χ1n) is 9.26. The van der Waals surface area contributed by atoms with Crippen LogP contribution < -0.4 is 10.1 Å². The van der Waals surface area contributed by atoms with Crippen LogP contribution in [0.3, 0.4) is 0 Å². The Balaban J connectivity index is 1.89. The van der Waals surface area contributed by atoms with Crippen LogP contribution in [0.1, 0.15) is 16.8 Å². The summed E-state index contributed by atoms with van der Waals surface area (Å²) in [5, 5.41) is 1.89. The van der Waals surface area contributed by atoms with E-state index >= 15 is 0 Å². The van der Waals surface area contributed by atoms with E-state index < -0.39 is 34.6 Å². The van der Waals surface area contributed by atoms with Crippen molar-refractivity contribution in [2.45, 2.75) is 12.4 Å². The van der Waals surface area contributed by atoms with Crippen molar-refractivity contribution in [3.63, 3.8) is 0 Å². The molecule has 1 aliphatic rings. The zero-order valence-electron chi connectivity index (χ0n) is 16.8. The predicted octanol–water partition coefficient (Wildman–Crippen LogP) is 5.83. The summed E-state index contributed by atoms with van der Waals surface area (Å²) >= 11 is 5.99. The molecule has 0 unspecified atom stereocenters. The van der Waals surface area contributed by atoms with Crippen molar-refractivity contribution in [2.24, 2.45) is 0 Å². The molecule has 1 aliphatic heterocycles. The van der Waals surface area contributed by atoms with Gasteiger partial charge in [0.05, 0.1) is 23.3 Å². The van der Waals surface area contributed by atoms with Gasteiger partial charge in [0.25, 0.3) is 5.91 Å². The first-order valence-corrected chi connectivity index (χ1v) is 10.5. The number of nitrogens with zero attached hydrogens (tertiary/aromatic N) is 2. The lowest BCUT2D eigenvalue weighted by atomic mass is 10.0. The molecule has 0 bridgehead atoms. The number of rotatable bonds is 3. The van der Waals surface area contributed by atoms with Crippen molar-refractivity contribution in [1.29, 1.82) is 0 Å². The van der Waals surface area contributed by atoms with E-state index in [2.05, 4.69) is 15.3 Å². The molecule has 1 fully saturated rings. The van der Waals surface area contributed by atoms with Crippen LogP contribution in [0, 0.1) is 0 Å². The van der Waals surface area contributed by atoms with Crippen LogP contribution in [0.25, 0.3) is 28.4 Å². The Morgan fingerprint density at radius 2 is 1.76 bits per heavy atom. The summed E-state index contributed by atoms with van der Waals surface area (Å²) in [6.45, 7) is 0. The van der Waals surface area contributed by atoms with E-state index in [1.807, 2.05) is 0 Å². The Kier molecular flexibility index (Phi) is 6.02.